The first-order valence-electron chi connectivity index (χ1n) is 9.62. The maximum atomic E-state index is 12.8. The van der Waals surface area contributed by atoms with E-state index in [9.17, 15) is 19.2 Å². The zero-order valence-electron chi connectivity index (χ0n) is 17.0. The molecule has 7 nitrogen and oxygen atoms in total. The van der Waals surface area contributed by atoms with Crippen LogP contribution in [-0.2, 0) is 9.53 Å². The number of rotatable bonds is 6. The molecule has 0 spiro atoms. The van der Waals surface area contributed by atoms with Gasteiger partial charge in [-0.25, -0.2) is 9.59 Å². The van der Waals surface area contributed by atoms with E-state index in [2.05, 4.69) is 10.6 Å². The third kappa shape index (κ3) is 5.80. The fraction of sp³-hybridized carbons (Fsp3) is 0.0833. The van der Waals surface area contributed by atoms with Crippen LogP contribution in [0.3, 0.4) is 0 Å². The standard InChI is InChI=1S/C24H19ClN2O5/c1-15(22(29)27-24(31)26-18-7-3-2-4-8-18)32-23(30)20-10-6-5-9-19(20)21(28)16-11-13-17(25)14-12-16/h2-15H,1H3,(H2,26,27,29,31). The number of esters is 1. The van der Waals surface area contributed by atoms with E-state index in [0.717, 1.165) is 0 Å². The van der Waals surface area contributed by atoms with Crippen LogP contribution in [0.1, 0.15) is 33.2 Å². The van der Waals surface area contributed by atoms with Gasteiger partial charge < -0.3 is 10.1 Å². The molecule has 3 aromatic carbocycles. The third-order valence-electron chi connectivity index (χ3n) is 4.42. The van der Waals surface area contributed by atoms with Crippen molar-refractivity contribution in [3.05, 3.63) is 101 Å². The van der Waals surface area contributed by atoms with E-state index in [1.165, 1.54) is 19.1 Å². The first kappa shape index (κ1) is 22.7. The molecular formula is C24H19ClN2O5. The summed E-state index contributed by atoms with van der Waals surface area (Å²) in [5.41, 5.74) is 0.963. The Morgan fingerprint density at radius 1 is 0.812 bits per heavy atom. The second-order valence-corrected chi connectivity index (χ2v) is 7.17. The van der Waals surface area contributed by atoms with Gasteiger partial charge in [-0.2, -0.15) is 0 Å². The fourth-order valence-electron chi connectivity index (χ4n) is 2.79. The number of urea groups is 1. The Kier molecular flexibility index (Phi) is 7.36. The second kappa shape index (κ2) is 10.4. The highest BCUT2D eigenvalue weighted by molar-refractivity contribution is 6.30. The van der Waals surface area contributed by atoms with Crippen molar-refractivity contribution in [2.24, 2.45) is 0 Å². The third-order valence-corrected chi connectivity index (χ3v) is 4.67. The SMILES string of the molecule is CC(OC(=O)c1ccccc1C(=O)c1ccc(Cl)cc1)C(=O)NC(=O)Nc1ccccc1. The Balaban J connectivity index is 1.66. The average molecular weight is 451 g/mol. The molecule has 0 heterocycles. The number of hydrogen-bond donors (Lipinski definition) is 2. The van der Waals surface area contributed by atoms with E-state index in [-0.39, 0.29) is 11.1 Å². The Bertz CT molecular complexity index is 1150. The lowest BCUT2D eigenvalue weighted by Gasteiger charge is -2.15. The first-order chi connectivity index (χ1) is 15.3. The first-order valence-corrected chi connectivity index (χ1v) is 10.00. The number of anilines is 1. The number of hydrogen-bond acceptors (Lipinski definition) is 5. The summed E-state index contributed by atoms with van der Waals surface area (Å²) in [4.78, 5) is 49.7. The monoisotopic (exact) mass is 450 g/mol. The molecule has 1 atom stereocenters. The van der Waals surface area contributed by atoms with Crippen LogP contribution in [0.25, 0.3) is 0 Å². The molecule has 0 aliphatic heterocycles. The normalized spacial score (nSPS) is 11.2. The van der Waals surface area contributed by atoms with E-state index in [4.69, 9.17) is 16.3 Å². The topological polar surface area (TPSA) is 102 Å². The Morgan fingerprint density at radius 2 is 1.41 bits per heavy atom. The molecule has 3 aromatic rings. The molecule has 0 aliphatic carbocycles. The van der Waals surface area contributed by atoms with Crippen molar-refractivity contribution in [1.82, 2.24) is 5.32 Å². The van der Waals surface area contributed by atoms with Crippen LogP contribution in [-0.4, -0.2) is 29.8 Å². The number of imide groups is 1. The van der Waals surface area contributed by atoms with Gasteiger partial charge >= 0.3 is 12.0 Å². The van der Waals surface area contributed by atoms with Gasteiger partial charge in [0.15, 0.2) is 11.9 Å². The van der Waals surface area contributed by atoms with Crippen LogP contribution in [0.4, 0.5) is 10.5 Å². The minimum Gasteiger partial charge on any atom is -0.449 e. The molecule has 0 bridgehead atoms. The largest absolute Gasteiger partial charge is 0.449 e. The van der Waals surface area contributed by atoms with Crippen LogP contribution >= 0.6 is 11.6 Å². The van der Waals surface area contributed by atoms with Gasteiger partial charge in [0.25, 0.3) is 5.91 Å². The molecule has 32 heavy (non-hydrogen) atoms. The van der Waals surface area contributed by atoms with Crippen LogP contribution in [0.5, 0.6) is 0 Å². The number of para-hydroxylation sites is 1. The molecule has 1 unspecified atom stereocenters. The molecule has 3 amide bonds. The van der Waals surface area contributed by atoms with Gasteiger partial charge in [-0.05, 0) is 49.4 Å². The number of benzene rings is 3. The van der Waals surface area contributed by atoms with E-state index in [1.807, 2.05) is 0 Å². The highest BCUT2D eigenvalue weighted by Crippen LogP contribution is 2.18. The maximum absolute atomic E-state index is 12.8. The maximum Gasteiger partial charge on any atom is 0.339 e. The van der Waals surface area contributed by atoms with Gasteiger partial charge in [-0.1, -0.05) is 48.0 Å². The predicted octanol–water partition coefficient (Wildman–Crippen LogP) is 4.46. The molecular weight excluding hydrogens is 432 g/mol. The van der Waals surface area contributed by atoms with Crippen molar-refractivity contribution >= 4 is 41.0 Å². The summed E-state index contributed by atoms with van der Waals surface area (Å²) in [6.07, 6.45) is -1.28. The number of carbonyl (C=O) groups excluding carboxylic acids is 4. The molecule has 2 N–H and O–H groups in total. The van der Waals surface area contributed by atoms with Crippen molar-refractivity contribution < 1.29 is 23.9 Å². The van der Waals surface area contributed by atoms with E-state index in [1.54, 1.807) is 66.7 Å². The van der Waals surface area contributed by atoms with Crippen molar-refractivity contribution in [1.29, 1.82) is 0 Å². The van der Waals surface area contributed by atoms with Crippen LogP contribution < -0.4 is 10.6 Å². The lowest BCUT2D eigenvalue weighted by atomic mass is 9.98. The van der Waals surface area contributed by atoms with Crippen LogP contribution in [0.15, 0.2) is 78.9 Å². The molecule has 0 aromatic heterocycles. The van der Waals surface area contributed by atoms with Crippen molar-refractivity contribution in [3.63, 3.8) is 0 Å². The minimum absolute atomic E-state index is 0.000775. The zero-order chi connectivity index (χ0) is 23.1. The molecule has 0 saturated carbocycles. The van der Waals surface area contributed by atoms with Gasteiger partial charge in [-0.15, -0.1) is 0 Å². The Hall–Kier alpha value is -3.97. The van der Waals surface area contributed by atoms with E-state index < -0.39 is 29.8 Å². The molecule has 162 valence electrons. The van der Waals surface area contributed by atoms with Crippen LogP contribution in [0, 0.1) is 0 Å². The molecule has 0 fully saturated rings. The van der Waals surface area contributed by atoms with Crippen LogP contribution in [0.2, 0.25) is 5.02 Å². The summed E-state index contributed by atoms with van der Waals surface area (Å²) in [6.45, 7) is 1.33. The Morgan fingerprint density at radius 3 is 2.06 bits per heavy atom. The average Bonchev–Trinajstić information content (AvgIpc) is 2.79. The summed E-state index contributed by atoms with van der Waals surface area (Å²) in [6, 6.07) is 20.1. The molecule has 3 rings (SSSR count). The highest BCUT2D eigenvalue weighted by atomic mass is 35.5. The van der Waals surface area contributed by atoms with Gasteiger partial charge in [0, 0.05) is 21.8 Å². The lowest BCUT2D eigenvalue weighted by molar-refractivity contribution is -0.127. The van der Waals surface area contributed by atoms with Crippen molar-refractivity contribution in [2.45, 2.75) is 13.0 Å². The highest BCUT2D eigenvalue weighted by Gasteiger charge is 2.24. The number of ketones is 1. The smallest absolute Gasteiger partial charge is 0.339 e. The number of ether oxygens (including phenoxy) is 1. The summed E-state index contributed by atoms with van der Waals surface area (Å²) in [5, 5.41) is 5.08. The fourth-order valence-corrected chi connectivity index (χ4v) is 2.92. The van der Waals surface area contributed by atoms with Crippen molar-refractivity contribution in [2.75, 3.05) is 5.32 Å². The summed E-state index contributed by atoms with van der Waals surface area (Å²) in [7, 11) is 0. The van der Waals surface area contributed by atoms with Gasteiger partial charge in [-0.3, -0.25) is 14.9 Å². The van der Waals surface area contributed by atoms with Gasteiger partial charge in [0.05, 0.1) is 5.56 Å². The molecule has 0 aliphatic rings. The summed E-state index contributed by atoms with van der Waals surface area (Å²) in [5.74, 6) is -2.07. The Labute approximate surface area is 189 Å². The molecule has 8 heteroatoms. The predicted molar refractivity (Wildman–Crippen MR) is 120 cm³/mol. The van der Waals surface area contributed by atoms with Crippen molar-refractivity contribution in [3.8, 4) is 0 Å². The molecule has 0 saturated heterocycles. The van der Waals surface area contributed by atoms with Gasteiger partial charge in [0.1, 0.15) is 0 Å². The summed E-state index contributed by atoms with van der Waals surface area (Å²) < 4.78 is 5.19. The number of carbonyl (C=O) groups is 4. The summed E-state index contributed by atoms with van der Waals surface area (Å²) >= 11 is 5.86. The number of halogens is 1. The van der Waals surface area contributed by atoms with E-state index in [0.29, 0.717) is 16.3 Å². The second-order valence-electron chi connectivity index (χ2n) is 6.74. The van der Waals surface area contributed by atoms with Gasteiger partial charge in [0.2, 0.25) is 0 Å². The number of amides is 3. The minimum atomic E-state index is -1.28. The molecule has 0 radical (unpaired) electrons. The lowest BCUT2D eigenvalue weighted by Crippen LogP contribution is -2.41. The van der Waals surface area contributed by atoms with E-state index >= 15 is 0 Å². The number of nitrogens with one attached hydrogen (secondary N) is 2. The quantitative estimate of drug-likeness (QED) is 0.426. The zero-order valence-corrected chi connectivity index (χ0v) is 17.8.